The van der Waals surface area contributed by atoms with Crippen LogP contribution in [0.15, 0.2) is 48.5 Å². The highest BCUT2D eigenvalue weighted by Crippen LogP contribution is 2.17. The number of nitrogens with zero attached hydrogens (tertiary/aromatic N) is 1. The second-order valence-corrected chi connectivity index (χ2v) is 7.60. The molecule has 6 heteroatoms. The van der Waals surface area contributed by atoms with Crippen molar-refractivity contribution >= 4 is 23.4 Å². The maximum absolute atomic E-state index is 13.1. The Morgan fingerprint density at radius 3 is 2.17 bits per heavy atom. The molecule has 0 aliphatic heterocycles. The molecule has 2 aromatic carbocycles. The summed E-state index contributed by atoms with van der Waals surface area (Å²) in [4.78, 5) is 27.4. The predicted molar refractivity (Wildman–Crippen MR) is 116 cm³/mol. The van der Waals surface area contributed by atoms with Crippen molar-refractivity contribution in [2.24, 2.45) is 0 Å². The second-order valence-electron chi connectivity index (χ2n) is 7.17. The van der Waals surface area contributed by atoms with Crippen LogP contribution in [0.5, 0.6) is 5.75 Å². The number of ether oxygens (including phenoxy) is 1. The molecule has 0 spiro atoms. The van der Waals surface area contributed by atoms with Gasteiger partial charge in [0.2, 0.25) is 11.8 Å². The third-order valence-electron chi connectivity index (χ3n) is 4.95. The molecule has 2 amide bonds. The topological polar surface area (TPSA) is 58.6 Å². The van der Waals surface area contributed by atoms with E-state index in [1.165, 1.54) is 0 Å². The van der Waals surface area contributed by atoms with Crippen molar-refractivity contribution < 1.29 is 14.3 Å². The van der Waals surface area contributed by atoms with Gasteiger partial charge in [0, 0.05) is 17.6 Å². The Labute approximate surface area is 178 Å². The molecule has 2 atom stereocenters. The number of carbonyl (C=O) groups excluding carboxylic acids is 2. The lowest BCUT2D eigenvalue weighted by atomic mass is 10.1. The summed E-state index contributed by atoms with van der Waals surface area (Å²) >= 11 is 5.94. The van der Waals surface area contributed by atoms with E-state index in [0.717, 1.165) is 23.3 Å². The van der Waals surface area contributed by atoms with Crippen molar-refractivity contribution in [2.45, 2.75) is 52.2 Å². The number of rotatable bonds is 9. The largest absolute Gasteiger partial charge is 0.497 e. The van der Waals surface area contributed by atoms with Crippen LogP contribution >= 0.6 is 11.6 Å². The van der Waals surface area contributed by atoms with Crippen molar-refractivity contribution in [1.82, 2.24) is 10.2 Å². The number of hydrogen-bond acceptors (Lipinski definition) is 3. The van der Waals surface area contributed by atoms with E-state index in [9.17, 15) is 9.59 Å². The minimum Gasteiger partial charge on any atom is -0.497 e. The summed E-state index contributed by atoms with van der Waals surface area (Å²) in [6.45, 7) is 6.07. The Balaban J connectivity index is 2.21. The van der Waals surface area contributed by atoms with Gasteiger partial charge in [0.05, 0.1) is 13.5 Å². The molecule has 2 rings (SSSR count). The van der Waals surface area contributed by atoms with Gasteiger partial charge in [-0.05, 0) is 55.7 Å². The Kier molecular flexibility index (Phi) is 8.52. The molecule has 0 saturated heterocycles. The summed E-state index contributed by atoms with van der Waals surface area (Å²) in [6, 6.07) is 14.1. The lowest BCUT2D eigenvalue weighted by Gasteiger charge is -2.30. The standard InChI is InChI=1S/C23H29ClN2O3/c1-5-16(2)25-23(28)17(3)26(15-19-8-12-21(29-4)13-9-19)22(27)14-18-6-10-20(24)11-7-18/h6-13,16-17H,5,14-15H2,1-4H3,(H,25,28)/t16-,17+/m1/s1. The quantitative estimate of drug-likeness (QED) is 0.665. The number of carbonyl (C=O) groups is 2. The van der Waals surface area contributed by atoms with E-state index in [-0.39, 0.29) is 24.3 Å². The Morgan fingerprint density at radius 2 is 1.62 bits per heavy atom. The van der Waals surface area contributed by atoms with E-state index < -0.39 is 6.04 Å². The molecule has 0 saturated carbocycles. The highest BCUT2D eigenvalue weighted by molar-refractivity contribution is 6.30. The van der Waals surface area contributed by atoms with Gasteiger partial charge in [-0.25, -0.2) is 0 Å². The molecule has 0 bridgehead atoms. The SMILES string of the molecule is CC[C@@H](C)NC(=O)[C@H](C)N(Cc1ccc(OC)cc1)C(=O)Cc1ccc(Cl)cc1. The van der Waals surface area contributed by atoms with Gasteiger partial charge in [0.15, 0.2) is 0 Å². The molecule has 29 heavy (non-hydrogen) atoms. The lowest BCUT2D eigenvalue weighted by molar-refractivity contribution is -0.140. The minimum atomic E-state index is -0.592. The normalized spacial score (nSPS) is 12.7. The second kappa shape index (κ2) is 10.9. The van der Waals surface area contributed by atoms with Gasteiger partial charge in [-0.2, -0.15) is 0 Å². The zero-order valence-corrected chi connectivity index (χ0v) is 18.2. The van der Waals surface area contributed by atoms with E-state index in [4.69, 9.17) is 16.3 Å². The maximum atomic E-state index is 13.1. The van der Waals surface area contributed by atoms with Gasteiger partial charge < -0.3 is 15.0 Å². The monoisotopic (exact) mass is 416 g/mol. The van der Waals surface area contributed by atoms with E-state index in [2.05, 4.69) is 5.32 Å². The van der Waals surface area contributed by atoms with Crippen LogP contribution in [0.2, 0.25) is 5.02 Å². The average Bonchev–Trinajstić information content (AvgIpc) is 2.73. The van der Waals surface area contributed by atoms with Gasteiger partial charge in [0.25, 0.3) is 0 Å². The number of nitrogens with one attached hydrogen (secondary N) is 1. The number of halogens is 1. The van der Waals surface area contributed by atoms with Crippen LogP contribution in [-0.2, 0) is 22.6 Å². The molecular formula is C23H29ClN2O3. The first-order valence-corrected chi connectivity index (χ1v) is 10.2. The van der Waals surface area contributed by atoms with Crippen molar-refractivity contribution in [1.29, 1.82) is 0 Å². The summed E-state index contributed by atoms with van der Waals surface area (Å²) in [5, 5.41) is 3.59. The van der Waals surface area contributed by atoms with Crippen molar-refractivity contribution in [2.75, 3.05) is 7.11 Å². The summed E-state index contributed by atoms with van der Waals surface area (Å²) in [5.74, 6) is 0.475. The lowest BCUT2D eigenvalue weighted by Crippen LogP contribution is -2.49. The van der Waals surface area contributed by atoms with Crippen LogP contribution in [0.25, 0.3) is 0 Å². The van der Waals surface area contributed by atoms with Crippen LogP contribution < -0.4 is 10.1 Å². The number of hydrogen-bond donors (Lipinski definition) is 1. The molecule has 0 heterocycles. The summed E-state index contributed by atoms with van der Waals surface area (Å²) in [5.41, 5.74) is 1.78. The van der Waals surface area contributed by atoms with Crippen molar-refractivity contribution in [3.05, 3.63) is 64.7 Å². The Hall–Kier alpha value is -2.53. The summed E-state index contributed by atoms with van der Waals surface area (Å²) < 4.78 is 5.20. The highest BCUT2D eigenvalue weighted by atomic mass is 35.5. The predicted octanol–water partition coefficient (Wildman–Crippen LogP) is 4.22. The molecule has 156 valence electrons. The zero-order valence-electron chi connectivity index (χ0n) is 17.4. The van der Waals surface area contributed by atoms with E-state index in [1.807, 2.05) is 50.2 Å². The van der Waals surface area contributed by atoms with Gasteiger partial charge in [-0.3, -0.25) is 9.59 Å². The number of amides is 2. The molecule has 0 aromatic heterocycles. The smallest absolute Gasteiger partial charge is 0.242 e. The number of methoxy groups -OCH3 is 1. The molecule has 0 radical (unpaired) electrons. The fourth-order valence-electron chi connectivity index (χ4n) is 2.85. The van der Waals surface area contributed by atoms with E-state index in [1.54, 1.807) is 31.1 Å². The molecule has 5 nitrogen and oxygen atoms in total. The van der Waals surface area contributed by atoms with Crippen LogP contribution in [0.4, 0.5) is 0 Å². The van der Waals surface area contributed by atoms with Crippen LogP contribution in [0.3, 0.4) is 0 Å². The molecule has 0 fully saturated rings. The van der Waals surface area contributed by atoms with Crippen LogP contribution in [0, 0.1) is 0 Å². The maximum Gasteiger partial charge on any atom is 0.242 e. The van der Waals surface area contributed by atoms with E-state index >= 15 is 0 Å². The Bertz CT molecular complexity index is 806. The molecule has 0 aliphatic rings. The van der Waals surface area contributed by atoms with Crippen LogP contribution in [-0.4, -0.2) is 35.9 Å². The third-order valence-corrected chi connectivity index (χ3v) is 5.20. The molecular weight excluding hydrogens is 388 g/mol. The van der Waals surface area contributed by atoms with Gasteiger partial charge in [0.1, 0.15) is 11.8 Å². The molecule has 0 unspecified atom stereocenters. The average molecular weight is 417 g/mol. The molecule has 0 aliphatic carbocycles. The summed E-state index contributed by atoms with van der Waals surface area (Å²) in [7, 11) is 1.61. The van der Waals surface area contributed by atoms with Crippen LogP contribution in [0.1, 0.15) is 38.3 Å². The first kappa shape index (κ1) is 22.8. The highest BCUT2D eigenvalue weighted by Gasteiger charge is 2.26. The van der Waals surface area contributed by atoms with Gasteiger partial charge in [-0.1, -0.05) is 42.8 Å². The molecule has 1 N–H and O–H groups in total. The first-order chi connectivity index (χ1) is 13.8. The fourth-order valence-corrected chi connectivity index (χ4v) is 2.98. The van der Waals surface area contributed by atoms with Gasteiger partial charge in [-0.15, -0.1) is 0 Å². The zero-order chi connectivity index (χ0) is 21.4. The molecule has 2 aromatic rings. The fraction of sp³-hybridized carbons (Fsp3) is 0.391. The minimum absolute atomic E-state index is 0.0548. The van der Waals surface area contributed by atoms with Crippen molar-refractivity contribution in [3.63, 3.8) is 0 Å². The van der Waals surface area contributed by atoms with E-state index in [0.29, 0.717) is 11.6 Å². The number of benzene rings is 2. The summed E-state index contributed by atoms with van der Waals surface area (Å²) in [6.07, 6.45) is 1.03. The third kappa shape index (κ3) is 6.79. The Morgan fingerprint density at radius 1 is 1.03 bits per heavy atom. The van der Waals surface area contributed by atoms with Crippen molar-refractivity contribution in [3.8, 4) is 5.75 Å². The van der Waals surface area contributed by atoms with Gasteiger partial charge >= 0.3 is 0 Å². The first-order valence-electron chi connectivity index (χ1n) is 9.81.